The number of hydrogen-bond acceptors (Lipinski definition) is 4. The quantitative estimate of drug-likeness (QED) is 0.581. The van der Waals surface area contributed by atoms with E-state index in [1.165, 1.54) is 0 Å². The van der Waals surface area contributed by atoms with Crippen molar-refractivity contribution in [1.29, 1.82) is 0 Å². The van der Waals surface area contributed by atoms with Gasteiger partial charge in [0.25, 0.3) is 0 Å². The van der Waals surface area contributed by atoms with Crippen LogP contribution in [0.2, 0.25) is 0 Å². The second-order valence-electron chi connectivity index (χ2n) is 11.2. The van der Waals surface area contributed by atoms with E-state index in [1.54, 1.807) is 7.11 Å². The minimum absolute atomic E-state index is 0.0902. The highest BCUT2D eigenvalue weighted by atomic mass is 19.4. The van der Waals surface area contributed by atoms with Gasteiger partial charge in [0.05, 0.1) is 30.2 Å². The van der Waals surface area contributed by atoms with Crippen LogP contribution in [0.4, 0.5) is 13.2 Å². The average molecular weight is 483 g/mol. The Bertz CT molecular complexity index is 1430. The maximum absolute atomic E-state index is 13.2. The lowest BCUT2D eigenvalue weighted by molar-refractivity contribution is -0.177. The second kappa shape index (κ2) is 5.98. The van der Waals surface area contributed by atoms with Crippen molar-refractivity contribution in [1.82, 2.24) is 9.88 Å². The Balaban J connectivity index is 1.37. The Labute approximate surface area is 199 Å². The van der Waals surface area contributed by atoms with Gasteiger partial charge >= 0.3 is 6.18 Å². The molecule has 182 valence electrons. The van der Waals surface area contributed by atoms with Gasteiger partial charge in [0.15, 0.2) is 17.6 Å². The highest BCUT2D eigenvalue weighted by molar-refractivity contribution is 5.86. The number of rotatable bonds is 3. The molecule has 0 amide bonds. The van der Waals surface area contributed by atoms with E-state index in [9.17, 15) is 18.3 Å². The third kappa shape index (κ3) is 2.17. The number of aromatic nitrogens is 1. The van der Waals surface area contributed by atoms with Crippen molar-refractivity contribution >= 4 is 10.9 Å². The van der Waals surface area contributed by atoms with Gasteiger partial charge in [0, 0.05) is 47.4 Å². The van der Waals surface area contributed by atoms with Crippen LogP contribution in [0, 0.1) is 5.41 Å². The second-order valence-corrected chi connectivity index (χ2v) is 11.2. The summed E-state index contributed by atoms with van der Waals surface area (Å²) in [6.45, 7) is 0.479. The van der Waals surface area contributed by atoms with Gasteiger partial charge in [-0.2, -0.15) is 13.2 Å². The number of aliphatic hydroxyl groups is 1. The van der Waals surface area contributed by atoms with E-state index in [-0.39, 0.29) is 18.0 Å². The summed E-state index contributed by atoms with van der Waals surface area (Å²) in [7, 11) is 1.61. The summed E-state index contributed by atoms with van der Waals surface area (Å²) in [5.74, 6) is 1.31. The Kier molecular flexibility index (Phi) is 3.50. The van der Waals surface area contributed by atoms with Gasteiger partial charge in [-0.05, 0) is 36.1 Å². The molecule has 1 saturated heterocycles. The molecular weight excluding hydrogens is 457 g/mol. The number of fused-ring (bicyclic) bond motifs is 5. The summed E-state index contributed by atoms with van der Waals surface area (Å²) < 4.78 is 52.0. The first-order chi connectivity index (χ1) is 16.7. The van der Waals surface area contributed by atoms with Crippen molar-refractivity contribution in [3.8, 4) is 11.5 Å². The first-order valence-corrected chi connectivity index (χ1v) is 12.2. The highest BCUT2D eigenvalue weighted by Crippen LogP contribution is 2.77. The molecule has 1 saturated carbocycles. The summed E-state index contributed by atoms with van der Waals surface area (Å²) in [6.07, 6.45) is -3.71. The van der Waals surface area contributed by atoms with Gasteiger partial charge in [0.1, 0.15) is 0 Å². The fourth-order valence-corrected chi connectivity index (χ4v) is 8.80. The third-order valence-electron chi connectivity index (χ3n) is 9.66. The third-order valence-corrected chi connectivity index (χ3v) is 9.66. The number of ether oxygens (including phenoxy) is 2. The molecule has 35 heavy (non-hydrogen) atoms. The lowest BCUT2D eigenvalue weighted by Gasteiger charge is -2.58. The number of hydrogen-bond donors (Lipinski definition) is 2. The Hall–Kier alpha value is -2.71. The Morgan fingerprint density at radius 1 is 1.20 bits per heavy atom. The van der Waals surface area contributed by atoms with E-state index in [0.29, 0.717) is 30.9 Å². The van der Waals surface area contributed by atoms with Crippen LogP contribution < -0.4 is 9.47 Å². The molecule has 5 atom stereocenters. The van der Waals surface area contributed by atoms with Gasteiger partial charge in [-0.25, -0.2) is 0 Å². The molecule has 8 rings (SSSR count). The SMILES string of the molecule is COc1ccc2c3c1O[C@H]1c4[nH]c5ccccc5c4C[C@@]4(O)[C@@H]5N(CCC(F)(F)F)C[C@]5(C2)C[C@]314. The normalized spacial score (nSPS) is 35.8. The zero-order valence-electron chi connectivity index (χ0n) is 19.2. The van der Waals surface area contributed by atoms with E-state index in [1.807, 2.05) is 35.2 Å². The van der Waals surface area contributed by atoms with Gasteiger partial charge in [0.2, 0.25) is 0 Å². The first-order valence-electron chi connectivity index (χ1n) is 12.2. The number of nitrogens with zero attached hydrogens (tertiary/aromatic N) is 1. The van der Waals surface area contributed by atoms with Crippen LogP contribution in [-0.2, 0) is 18.3 Å². The number of halogens is 3. The maximum Gasteiger partial charge on any atom is 0.390 e. The zero-order valence-corrected chi connectivity index (χ0v) is 19.2. The van der Waals surface area contributed by atoms with E-state index in [0.717, 1.165) is 39.7 Å². The van der Waals surface area contributed by atoms with Crippen LogP contribution in [-0.4, -0.2) is 53.0 Å². The van der Waals surface area contributed by atoms with Crippen molar-refractivity contribution in [2.24, 2.45) is 5.41 Å². The van der Waals surface area contributed by atoms with Crippen LogP contribution in [0.5, 0.6) is 11.5 Å². The van der Waals surface area contributed by atoms with Crippen LogP contribution in [0.25, 0.3) is 10.9 Å². The lowest BCUT2D eigenvalue weighted by atomic mass is 9.57. The number of nitrogens with one attached hydrogen (secondary N) is 1. The number of likely N-dealkylation sites (tertiary alicyclic amines) is 1. The van der Waals surface area contributed by atoms with Crippen LogP contribution in [0.1, 0.15) is 41.3 Å². The summed E-state index contributed by atoms with van der Waals surface area (Å²) in [6, 6.07) is 11.6. The largest absolute Gasteiger partial charge is 0.493 e. The fourth-order valence-electron chi connectivity index (χ4n) is 8.80. The van der Waals surface area contributed by atoms with E-state index >= 15 is 0 Å². The molecular formula is C27H25F3N2O3. The molecule has 0 radical (unpaired) electrons. The Morgan fingerprint density at radius 3 is 2.83 bits per heavy atom. The standard InChI is InChI=1S/C27H25F3N2O3/c1-34-18-7-6-14-10-24-12-25-19(14)21(18)35-22(25)20-16(15-4-2-3-5-17(15)31-20)11-26(25,33)23(24)32(13-24)9-8-27(28,29)30/h2-7,22-23,31,33H,8-13H2,1H3/t22-,23+,24-,25-,26+/m0/s1. The fraction of sp³-hybridized carbons (Fsp3) is 0.481. The van der Waals surface area contributed by atoms with Gasteiger partial charge in [-0.3, -0.25) is 4.90 Å². The van der Waals surface area contributed by atoms with Crippen LogP contribution in [0.3, 0.4) is 0 Å². The van der Waals surface area contributed by atoms with E-state index in [4.69, 9.17) is 9.47 Å². The molecule has 3 aliphatic carbocycles. The summed E-state index contributed by atoms with van der Waals surface area (Å²) in [5, 5.41) is 13.9. The van der Waals surface area contributed by atoms with Crippen LogP contribution >= 0.6 is 0 Å². The smallest absolute Gasteiger partial charge is 0.390 e. The number of aromatic amines is 1. The molecule has 2 N–H and O–H groups in total. The Morgan fingerprint density at radius 2 is 2.03 bits per heavy atom. The van der Waals surface area contributed by atoms with E-state index < -0.39 is 29.7 Å². The van der Waals surface area contributed by atoms with Crippen molar-refractivity contribution in [2.75, 3.05) is 20.2 Å². The minimum atomic E-state index is -4.23. The average Bonchev–Trinajstić information content (AvgIpc) is 3.37. The predicted octanol–water partition coefficient (Wildman–Crippen LogP) is 4.42. The van der Waals surface area contributed by atoms with Crippen molar-refractivity contribution in [3.05, 3.63) is 58.8 Å². The molecule has 2 aromatic carbocycles. The molecule has 3 aromatic rings. The van der Waals surface area contributed by atoms with Gasteiger partial charge in [-0.1, -0.05) is 24.3 Å². The van der Waals surface area contributed by atoms with Crippen LogP contribution in [0.15, 0.2) is 36.4 Å². The molecule has 2 bridgehead atoms. The molecule has 0 unspecified atom stereocenters. The number of para-hydroxylation sites is 1. The van der Waals surface area contributed by atoms with E-state index in [2.05, 4.69) is 11.1 Å². The topological polar surface area (TPSA) is 57.7 Å². The molecule has 2 fully saturated rings. The number of H-pyrrole nitrogens is 1. The van der Waals surface area contributed by atoms with Crippen molar-refractivity contribution in [3.63, 3.8) is 0 Å². The molecule has 5 aliphatic rings. The molecule has 5 nitrogen and oxygen atoms in total. The summed E-state index contributed by atoms with van der Waals surface area (Å²) in [4.78, 5) is 5.47. The summed E-state index contributed by atoms with van der Waals surface area (Å²) >= 11 is 0. The van der Waals surface area contributed by atoms with Gasteiger partial charge < -0.3 is 19.6 Å². The molecule has 8 heteroatoms. The molecule has 2 aliphatic heterocycles. The molecule has 1 aromatic heterocycles. The van der Waals surface area contributed by atoms with Gasteiger partial charge in [-0.15, -0.1) is 0 Å². The first kappa shape index (κ1) is 20.5. The number of alkyl halides is 3. The number of methoxy groups -OCH3 is 1. The maximum atomic E-state index is 13.2. The minimum Gasteiger partial charge on any atom is -0.493 e. The highest BCUT2D eigenvalue weighted by Gasteiger charge is 2.83. The molecule has 2 spiro atoms. The summed E-state index contributed by atoms with van der Waals surface area (Å²) in [5.41, 5.74) is 2.87. The van der Waals surface area contributed by atoms with Crippen molar-refractivity contribution in [2.45, 2.75) is 55.0 Å². The predicted molar refractivity (Wildman–Crippen MR) is 122 cm³/mol. The molecule has 3 heterocycles. The zero-order chi connectivity index (χ0) is 24.0. The van der Waals surface area contributed by atoms with Crippen molar-refractivity contribution < 1.29 is 27.8 Å². The monoisotopic (exact) mass is 482 g/mol. The lowest BCUT2D eigenvalue weighted by Crippen LogP contribution is -2.71. The number of benzene rings is 2.